The van der Waals surface area contributed by atoms with Gasteiger partial charge in [0, 0.05) is 6.54 Å². The molecule has 1 aromatic carbocycles. The summed E-state index contributed by atoms with van der Waals surface area (Å²) < 4.78 is 25.6. The second kappa shape index (κ2) is 7.45. The van der Waals surface area contributed by atoms with Gasteiger partial charge in [0.15, 0.2) is 0 Å². The van der Waals surface area contributed by atoms with Crippen LogP contribution in [0.2, 0.25) is 0 Å². The summed E-state index contributed by atoms with van der Waals surface area (Å²) in [6.45, 7) is 10.5. The Morgan fingerprint density at radius 3 is 2.18 bits per heavy atom. The van der Waals surface area contributed by atoms with E-state index in [1.54, 1.807) is 12.1 Å². The van der Waals surface area contributed by atoms with Gasteiger partial charge in [0.25, 0.3) is 0 Å². The Labute approximate surface area is 105 Å². The second-order valence-corrected chi connectivity index (χ2v) is 5.03. The number of nitrogens with one attached hydrogen (secondary N) is 1. The van der Waals surface area contributed by atoms with Gasteiger partial charge >= 0.3 is 0 Å². The minimum atomic E-state index is -3.22. The highest BCUT2D eigenvalue weighted by molar-refractivity contribution is 7.89. The Balaban J connectivity index is 0.000000581. The molecular weight excluding hydrogens is 234 g/mol. The maximum atomic E-state index is 11.5. The fourth-order valence-electron chi connectivity index (χ4n) is 1.55. The van der Waals surface area contributed by atoms with Crippen LogP contribution in [0.4, 0.5) is 0 Å². The average Bonchev–Trinajstić information content (AvgIpc) is 2.40. The van der Waals surface area contributed by atoms with Gasteiger partial charge in [0.2, 0.25) is 10.0 Å². The van der Waals surface area contributed by atoms with Gasteiger partial charge in [-0.2, -0.15) is 0 Å². The second-order valence-electron chi connectivity index (χ2n) is 3.29. The lowest BCUT2D eigenvalue weighted by Gasteiger charge is -2.22. The van der Waals surface area contributed by atoms with Gasteiger partial charge in [0.05, 0.1) is 4.90 Å². The maximum absolute atomic E-state index is 11.5. The molecule has 0 aromatic heterocycles. The molecule has 1 heterocycles. The highest BCUT2D eigenvalue weighted by atomic mass is 32.2. The summed E-state index contributed by atoms with van der Waals surface area (Å²) in [5.41, 5.74) is 0.918. The molecule has 1 atom stereocenters. The molecule has 4 heteroatoms. The van der Waals surface area contributed by atoms with Crippen LogP contribution >= 0.6 is 0 Å². The van der Waals surface area contributed by atoms with E-state index in [1.165, 1.54) is 0 Å². The minimum Gasteiger partial charge on any atom is -0.211 e. The van der Waals surface area contributed by atoms with Crippen LogP contribution in [0.1, 0.15) is 46.1 Å². The van der Waals surface area contributed by atoms with Gasteiger partial charge in [-0.15, -0.1) is 0 Å². The number of rotatable bonds is 0. The molecule has 1 aliphatic rings. The first-order valence-corrected chi connectivity index (χ1v) is 7.68. The quantitative estimate of drug-likeness (QED) is 0.776. The fourth-order valence-corrected chi connectivity index (χ4v) is 3.02. The first-order valence-electron chi connectivity index (χ1n) is 6.20. The van der Waals surface area contributed by atoms with E-state index in [2.05, 4.69) is 4.72 Å². The Hall–Kier alpha value is -0.870. The summed E-state index contributed by atoms with van der Waals surface area (Å²) in [6, 6.07) is 7.14. The number of benzene rings is 1. The van der Waals surface area contributed by atoms with Crippen molar-refractivity contribution in [3.8, 4) is 0 Å². The molecule has 1 N–H and O–H groups in total. The molecule has 0 saturated heterocycles. The molecule has 0 aliphatic carbocycles. The van der Waals surface area contributed by atoms with Crippen molar-refractivity contribution in [1.82, 2.24) is 4.72 Å². The van der Waals surface area contributed by atoms with Crippen molar-refractivity contribution in [3.05, 3.63) is 29.8 Å². The Kier molecular flexibility index (Phi) is 7.07. The van der Waals surface area contributed by atoms with Gasteiger partial charge in [-0.25, -0.2) is 13.1 Å². The van der Waals surface area contributed by atoms with Crippen LogP contribution in [0, 0.1) is 0 Å². The zero-order valence-electron chi connectivity index (χ0n) is 11.3. The molecule has 0 saturated carbocycles. The van der Waals surface area contributed by atoms with Crippen LogP contribution in [0.25, 0.3) is 0 Å². The first-order chi connectivity index (χ1) is 8.11. The van der Waals surface area contributed by atoms with Gasteiger partial charge < -0.3 is 0 Å². The molecule has 1 aliphatic heterocycles. The van der Waals surface area contributed by atoms with E-state index in [0.29, 0.717) is 11.4 Å². The normalized spacial score (nSPS) is 19.9. The minimum absolute atomic E-state index is 0.264. The number of fused-ring (bicyclic) bond motifs is 1. The summed E-state index contributed by atoms with van der Waals surface area (Å²) in [5.74, 6) is 0.264. The van der Waals surface area contributed by atoms with Crippen LogP contribution < -0.4 is 4.72 Å². The van der Waals surface area contributed by atoms with Gasteiger partial charge in [0.1, 0.15) is 0 Å². The van der Waals surface area contributed by atoms with Crippen molar-refractivity contribution in [2.75, 3.05) is 6.54 Å². The molecule has 3 nitrogen and oxygen atoms in total. The third kappa shape index (κ3) is 3.82. The SMILES string of the molecule is CC.CC.CC1CNS(=O)(=O)c2ccccc21. The van der Waals surface area contributed by atoms with E-state index >= 15 is 0 Å². The van der Waals surface area contributed by atoms with Gasteiger partial charge in [-0.1, -0.05) is 52.8 Å². The summed E-state index contributed by atoms with van der Waals surface area (Å²) >= 11 is 0. The van der Waals surface area contributed by atoms with E-state index in [0.717, 1.165) is 5.56 Å². The standard InChI is InChI=1S/C9H11NO2S.2C2H6/c1-7-6-10-13(11,12)9-5-3-2-4-8(7)9;2*1-2/h2-5,7,10H,6H2,1H3;2*1-2H3. The molecule has 0 radical (unpaired) electrons. The Morgan fingerprint density at radius 1 is 1.12 bits per heavy atom. The fraction of sp³-hybridized carbons (Fsp3) is 0.538. The van der Waals surface area contributed by atoms with Crippen molar-refractivity contribution in [2.45, 2.75) is 45.4 Å². The summed E-state index contributed by atoms with van der Waals surface area (Å²) in [7, 11) is -3.22. The number of hydrogen-bond donors (Lipinski definition) is 1. The van der Waals surface area contributed by atoms with E-state index in [-0.39, 0.29) is 5.92 Å². The third-order valence-corrected chi connectivity index (χ3v) is 3.82. The molecular formula is C13H23NO2S. The summed E-state index contributed by atoms with van der Waals surface area (Å²) in [4.78, 5) is 0.425. The zero-order valence-corrected chi connectivity index (χ0v) is 12.1. The van der Waals surface area contributed by atoms with Crippen molar-refractivity contribution in [1.29, 1.82) is 0 Å². The predicted octanol–water partition coefficient (Wildman–Crippen LogP) is 3.13. The molecule has 1 unspecified atom stereocenters. The molecule has 0 bridgehead atoms. The molecule has 0 amide bonds. The monoisotopic (exact) mass is 257 g/mol. The zero-order chi connectivity index (χ0) is 13.5. The molecule has 98 valence electrons. The van der Waals surface area contributed by atoms with E-state index in [1.807, 2.05) is 46.8 Å². The molecule has 2 rings (SSSR count). The van der Waals surface area contributed by atoms with Gasteiger partial charge in [-0.3, -0.25) is 0 Å². The highest BCUT2D eigenvalue weighted by Gasteiger charge is 2.26. The molecule has 17 heavy (non-hydrogen) atoms. The first kappa shape index (κ1) is 16.1. The lowest BCUT2D eigenvalue weighted by molar-refractivity contribution is 0.559. The Bertz CT molecular complexity index is 427. The van der Waals surface area contributed by atoms with Crippen molar-refractivity contribution in [3.63, 3.8) is 0 Å². The largest absolute Gasteiger partial charge is 0.240 e. The smallest absolute Gasteiger partial charge is 0.211 e. The van der Waals surface area contributed by atoms with E-state index in [9.17, 15) is 8.42 Å². The Morgan fingerprint density at radius 2 is 1.65 bits per heavy atom. The van der Waals surface area contributed by atoms with Crippen LogP contribution in [0.5, 0.6) is 0 Å². The van der Waals surface area contributed by atoms with Crippen molar-refractivity contribution < 1.29 is 8.42 Å². The van der Waals surface area contributed by atoms with Crippen LogP contribution in [0.15, 0.2) is 29.2 Å². The van der Waals surface area contributed by atoms with E-state index < -0.39 is 10.0 Å². The van der Waals surface area contributed by atoms with E-state index in [4.69, 9.17) is 0 Å². The third-order valence-electron chi connectivity index (χ3n) is 2.32. The number of hydrogen-bond acceptors (Lipinski definition) is 2. The lowest BCUT2D eigenvalue weighted by atomic mass is 10.0. The average molecular weight is 257 g/mol. The topological polar surface area (TPSA) is 46.2 Å². The lowest BCUT2D eigenvalue weighted by Crippen LogP contribution is -2.33. The molecule has 1 aromatic rings. The maximum Gasteiger partial charge on any atom is 0.240 e. The van der Waals surface area contributed by atoms with Crippen molar-refractivity contribution >= 4 is 10.0 Å². The van der Waals surface area contributed by atoms with Crippen molar-refractivity contribution in [2.24, 2.45) is 0 Å². The predicted molar refractivity (Wildman–Crippen MR) is 72.7 cm³/mol. The van der Waals surface area contributed by atoms with Crippen LogP contribution in [0.3, 0.4) is 0 Å². The number of sulfonamides is 1. The van der Waals surface area contributed by atoms with Crippen LogP contribution in [-0.2, 0) is 10.0 Å². The van der Waals surface area contributed by atoms with Gasteiger partial charge in [-0.05, 0) is 17.5 Å². The summed E-state index contributed by atoms with van der Waals surface area (Å²) in [5, 5.41) is 0. The molecule has 0 fully saturated rings. The highest BCUT2D eigenvalue weighted by Crippen LogP contribution is 2.27. The van der Waals surface area contributed by atoms with Crippen LogP contribution in [-0.4, -0.2) is 15.0 Å². The molecule has 0 spiro atoms. The summed E-state index contributed by atoms with van der Waals surface area (Å²) in [6.07, 6.45) is 0.